The zero-order chi connectivity index (χ0) is 21.1. The van der Waals surface area contributed by atoms with Crippen molar-refractivity contribution >= 4 is 33.2 Å². The van der Waals surface area contributed by atoms with Crippen LogP contribution in [0.4, 0.5) is 11.4 Å². The third-order valence-electron chi connectivity index (χ3n) is 6.94. The Kier molecular flexibility index (Phi) is 3.76. The van der Waals surface area contributed by atoms with Crippen molar-refractivity contribution < 1.29 is 0 Å². The molecule has 32 heavy (non-hydrogen) atoms. The van der Waals surface area contributed by atoms with Crippen LogP contribution in [0.25, 0.3) is 21.8 Å². The standard InChI is InChI=1S/C28H22N4/c1-2-6-20-16-31(15-19(20)5-1)25-11-13-29-27-23(25)9-10-24-26(12-14-30-28(24)27)32-17-21-7-3-4-8-22(21)18-32/h1-14H,15-18H2. The van der Waals surface area contributed by atoms with Crippen molar-refractivity contribution in [2.75, 3.05) is 9.80 Å². The Morgan fingerprint density at radius 3 is 1.22 bits per heavy atom. The lowest BCUT2D eigenvalue weighted by atomic mass is 10.1. The van der Waals surface area contributed by atoms with E-state index in [1.807, 2.05) is 12.4 Å². The molecule has 0 saturated heterocycles. The summed E-state index contributed by atoms with van der Waals surface area (Å²) in [6.07, 6.45) is 3.86. The highest BCUT2D eigenvalue weighted by atomic mass is 15.2. The maximum absolute atomic E-state index is 4.79. The molecular weight excluding hydrogens is 392 g/mol. The summed E-state index contributed by atoms with van der Waals surface area (Å²) in [5.41, 5.74) is 10.1. The van der Waals surface area contributed by atoms with Crippen LogP contribution in [0.5, 0.6) is 0 Å². The van der Waals surface area contributed by atoms with Gasteiger partial charge in [0, 0.05) is 60.7 Å². The third-order valence-corrected chi connectivity index (χ3v) is 6.94. The summed E-state index contributed by atoms with van der Waals surface area (Å²) in [6.45, 7) is 3.75. The Morgan fingerprint density at radius 2 is 0.844 bits per heavy atom. The molecule has 0 amide bonds. The quantitative estimate of drug-likeness (QED) is 0.341. The zero-order valence-electron chi connectivity index (χ0n) is 17.7. The number of anilines is 2. The van der Waals surface area contributed by atoms with E-state index in [1.165, 1.54) is 44.4 Å². The monoisotopic (exact) mass is 414 g/mol. The van der Waals surface area contributed by atoms with Gasteiger partial charge < -0.3 is 9.80 Å². The predicted octanol–water partition coefficient (Wildman–Crippen LogP) is 5.82. The normalized spacial score (nSPS) is 14.9. The molecule has 0 saturated carbocycles. The van der Waals surface area contributed by atoms with Gasteiger partial charge >= 0.3 is 0 Å². The molecule has 4 heteroatoms. The van der Waals surface area contributed by atoms with Crippen molar-refractivity contribution in [2.24, 2.45) is 0 Å². The predicted molar refractivity (Wildman–Crippen MR) is 130 cm³/mol. The summed E-state index contributed by atoms with van der Waals surface area (Å²) in [5, 5.41) is 2.34. The molecule has 4 nitrogen and oxygen atoms in total. The number of hydrogen-bond donors (Lipinski definition) is 0. The first-order valence-electron chi connectivity index (χ1n) is 11.1. The molecule has 0 fully saturated rings. The van der Waals surface area contributed by atoms with Gasteiger partial charge in [0.1, 0.15) is 0 Å². The molecule has 3 aromatic carbocycles. The van der Waals surface area contributed by atoms with Crippen molar-refractivity contribution in [3.05, 3.63) is 107 Å². The fraction of sp³-hybridized carbons (Fsp3) is 0.143. The SMILES string of the molecule is c1ccc2c(c1)CN(c1ccnc3c1ccc1c(N4Cc5ccccc5C4)ccnc13)C2. The molecule has 0 unspecified atom stereocenters. The van der Waals surface area contributed by atoms with E-state index in [2.05, 4.69) is 82.6 Å². The molecule has 0 N–H and O–H groups in total. The highest BCUT2D eigenvalue weighted by Crippen LogP contribution is 2.38. The number of rotatable bonds is 2. The van der Waals surface area contributed by atoms with E-state index in [9.17, 15) is 0 Å². The van der Waals surface area contributed by atoms with Gasteiger partial charge in [-0.25, -0.2) is 0 Å². The van der Waals surface area contributed by atoms with Gasteiger partial charge in [-0.1, -0.05) is 48.5 Å². The summed E-state index contributed by atoms with van der Waals surface area (Å²) < 4.78 is 0. The molecule has 0 bridgehead atoms. The van der Waals surface area contributed by atoms with Crippen molar-refractivity contribution in [1.29, 1.82) is 0 Å². The average Bonchev–Trinajstić information content (AvgIpc) is 3.47. The molecular formula is C28H22N4. The molecule has 2 aliphatic heterocycles. The van der Waals surface area contributed by atoms with Gasteiger partial charge in [0.15, 0.2) is 0 Å². The van der Waals surface area contributed by atoms with Crippen LogP contribution in [-0.2, 0) is 26.2 Å². The summed E-state index contributed by atoms with van der Waals surface area (Å²) in [7, 11) is 0. The Balaban J connectivity index is 1.33. The zero-order valence-corrected chi connectivity index (χ0v) is 17.7. The Labute approximate surface area is 186 Å². The minimum Gasteiger partial charge on any atom is -0.362 e. The molecule has 0 radical (unpaired) electrons. The summed E-state index contributed by atoms with van der Waals surface area (Å²) in [6, 6.07) is 26.2. The van der Waals surface area contributed by atoms with Gasteiger partial charge in [-0.2, -0.15) is 0 Å². The molecule has 2 aromatic heterocycles. The topological polar surface area (TPSA) is 32.3 Å². The van der Waals surface area contributed by atoms with E-state index in [-0.39, 0.29) is 0 Å². The van der Waals surface area contributed by atoms with Gasteiger partial charge in [0.05, 0.1) is 11.0 Å². The van der Waals surface area contributed by atoms with Gasteiger partial charge in [-0.3, -0.25) is 9.97 Å². The first kappa shape index (κ1) is 17.7. The van der Waals surface area contributed by atoms with Crippen LogP contribution in [0, 0.1) is 0 Å². The molecule has 7 rings (SSSR count). The number of benzene rings is 3. The van der Waals surface area contributed by atoms with Gasteiger partial charge in [-0.05, 0) is 46.5 Å². The van der Waals surface area contributed by atoms with Crippen molar-refractivity contribution in [1.82, 2.24) is 9.97 Å². The molecule has 154 valence electrons. The lowest BCUT2D eigenvalue weighted by molar-refractivity contribution is 0.883. The second kappa shape index (κ2) is 6.79. The lowest BCUT2D eigenvalue weighted by Gasteiger charge is -2.22. The van der Waals surface area contributed by atoms with Gasteiger partial charge in [0.25, 0.3) is 0 Å². The minimum absolute atomic E-state index is 0.937. The Morgan fingerprint density at radius 1 is 0.469 bits per heavy atom. The number of aromatic nitrogens is 2. The van der Waals surface area contributed by atoms with Gasteiger partial charge in [0.2, 0.25) is 0 Å². The molecule has 2 aliphatic rings. The van der Waals surface area contributed by atoms with Crippen LogP contribution in [-0.4, -0.2) is 9.97 Å². The molecule has 5 aromatic rings. The summed E-state index contributed by atoms with van der Waals surface area (Å²) >= 11 is 0. The van der Waals surface area contributed by atoms with E-state index in [0.29, 0.717) is 0 Å². The number of pyridine rings is 2. The summed E-state index contributed by atoms with van der Waals surface area (Å²) in [5.74, 6) is 0. The number of nitrogens with zero attached hydrogens (tertiary/aromatic N) is 4. The molecule has 0 spiro atoms. The highest BCUT2D eigenvalue weighted by Gasteiger charge is 2.23. The van der Waals surface area contributed by atoms with Crippen LogP contribution < -0.4 is 9.80 Å². The summed E-state index contributed by atoms with van der Waals surface area (Å²) in [4.78, 5) is 14.5. The fourth-order valence-corrected chi connectivity index (χ4v) is 5.36. The largest absolute Gasteiger partial charge is 0.362 e. The number of hydrogen-bond acceptors (Lipinski definition) is 4. The fourth-order valence-electron chi connectivity index (χ4n) is 5.36. The van der Waals surface area contributed by atoms with E-state index in [1.54, 1.807) is 0 Å². The van der Waals surface area contributed by atoms with Crippen LogP contribution in [0.15, 0.2) is 85.2 Å². The van der Waals surface area contributed by atoms with Crippen molar-refractivity contribution in [3.63, 3.8) is 0 Å². The van der Waals surface area contributed by atoms with E-state index in [0.717, 1.165) is 37.2 Å². The first-order valence-corrected chi connectivity index (χ1v) is 11.1. The van der Waals surface area contributed by atoms with Crippen molar-refractivity contribution in [3.8, 4) is 0 Å². The molecule has 0 aliphatic carbocycles. The second-order valence-electron chi connectivity index (χ2n) is 8.77. The van der Waals surface area contributed by atoms with Crippen LogP contribution in [0.2, 0.25) is 0 Å². The molecule has 0 atom stereocenters. The first-order chi connectivity index (χ1) is 15.8. The lowest BCUT2D eigenvalue weighted by Crippen LogP contribution is -2.16. The highest BCUT2D eigenvalue weighted by molar-refractivity contribution is 6.10. The Hall–Kier alpha value is -3.92. The number of fused-ring (bicyclic) bond motifs is 5. The maximum atomic E-state index is 4.79. The van der Waals surface area contributed by atoms with Crippen LogP contribution in [0.3, 0.4) is 0 Å². The molecule has 4 heterocycles. The van der Waals surface area contributed by atoms with Crippen LogP contribution in [0.1, 0.15) is 22.3 Å². The van der Waals surface area contributed by atoms with Crippen LogP contribution >= 0.6 is 0 Å². The smallest absolute Gasteiger partial charge is 0.0986 e. The minimum atomic E-state index is 0.937. The third kappa shape index (κ3) is 2.62. The average molecular weight is 415 g/mol. The van der Waals surface area contributed by atoms with E-state index in [4.69, 9.17) is 9.97 Å². The second-order valence-corrected chi connectivity index (χ2v) is 8.77. The van der Waals surface area contributed by atoms with Crippen molar-refractivity contribution in [2.45, 2.75) is 26.2 Å². The van der Waals surface area contributed by atoms with Gasteiger partial charge in [-0.15, -0.1) is 0 Å². The van der Waals surface area contributed by atoms with E-state index >= 15 is 0 Å². The van der Waals surface area contributed by atoms with E-state index < -0.39 is 0 Å². The Bertz CT molecular complexity index is 1340. The maximum Gasteiger partial charge on any atom is 0.0986 e.